The molecule has 1 aromatic carbocycles. The zero-order valence-electron chi connectivity index (χ0n) is 15.7. The number of amides is 1. The van der Waals surface area contributed by atoms with Crippen LogP contribution in [0, 0.1) is 25.1 Å². The molecule has 0 radical (unpaired) electrons. The van der Waals surface area contributed by atoms with E-state index in [-0.39, 0.29) is 17.2 Å². The highest BCUT2D eigenvalue weighted by molar-refractivity contribution is 8.26. The van der Waals surface area contributed by atoms with Gasteiger partial charge in [0, 0.05) is 11.4 Å². The van der Waals surface area contributed by atoms with Gasteiger partial charge in [-0.05, 0) is 61.9 Å². The van der Waals surface area contributed by atoms with Crippen molar-refractivity contribution >= 4 is 39.8 Å². The fourth-order valence-electron chi connectivity index (χ4n) is 3.27. The number of thioether (sulfide) groups is 1. The molecule has 0 fully saturated rings. The van der Waals surface area contributed by atoms with Crippen molar-refractivity contribution < 1.29 is 9.18 Å². The number of amidine groups is 2. The van der Waals surface area contributed by atoms with Crippen LogP contribution in [0.5, 0.6) is 0 Å². The van der Waals surface area contributed by atoms with Crippen LogP contribution >= 0.6 is 11.8 Å². The Morgan fingerprint density at radius 2 is 2.04 bits per heavy atom. The van der Waals surface area contributed by atoms with E-state index in [0.29, 0.717) is 17.3 Å². The Bertz CT molecular complexity index is 1110. The van der Waals surface area contributed by atoms with E-state index in [1.807, 2.05) is 26.8 Å². The average Bonchev–Trinajstić information content (AvgIpc) is 3.20. The Labute approximate surface area is 166 Å². The van der Waals surface area contributed by atoms with E-state index in [1.54, 1.807) is 28.8 Å². The molecule has 0 bridgehead atoms. The zero-order valence-corrected chi connectivity index (χ0v) is 16.5. The minimum Gasteiger partial charge on any atom is -0.315 e. The number of aliphatic imine (C=N–C) groups is 1. The van der Waals surface area contributed by atoms with E-state index in [2.05, 4.69) is 10.1 Å². The summed E-state index contributed by atoms with van der Waals surface area (Å²) in [5, 5.41) is 15.4. The van der Waals surface area contributed by atoms with Gasteiger partial charge in [0.15, 0.2) is 5.84 Å². The van der Waals surface area contributed by atoms with Crippen molar-refractivity contribution in [2.45, 2.75) is 27.2 Å². The minimum absolute atomic E-state index is 0.00152. The molecule has 0 atom stereocenters. The fraction of sp³-hybridized carbons (Fsp3) is 0.200. The predicted molar refractivity (Wildman–Crippen MR) is 111 cm³/mol. The maximum Gasteiger partial charge on any atom is 0.283 e. The van der Waals surface area contributed by atoms with E-state index >= 15 is 0 Å². The molecular weight excluding hydrogens is 377 g/mol. The number of hydrogen-bond donors (Lipinski definition) is 1. The molecule has 0 spiro atoms. The molecular formula is C20H18FN5OS. The highest BCUT2D eigenvalue weighted by atomic mass is 32.2. The van der Waals surface area contributed by atoms with Gasteiger partial charge in [0.1, 0.15) is 10.9 Å². The lowest BCUT2D eigenvalue weighted by atomic mass is 10.1. The zero-order chi connectivity index (χ0) is 20.0. The number of aryl methyl sites for hydroxylation is 1. The number of rotatable bonds is 3. The fourth-order valence-corrected chi connectivity index (χ4v) is 4.09. The number of hydrogen-bond acceptors (Lipinski definition) is 4. The maximum atomic E-state index is 14.3. The second kappa shape index (κ2) is 6.87. The first kappa shape index (κ1) is 18.4. The summed E-state index contributed by atoms with van der Waals surface area (Å²) in [4.78, 5) is 16.6. The monoisotopic (exact) mass is 395 g/mol. The van der Waals surface area contributed by atoms with Gasteiger partial charge in [-0.15, -0.1) is 0 Å². The molecule has 0 saturated heterocycles. The summed E-state index contributed by atoms with van der Waals surface area (Å²) in [6, 6.07) is 8.41. The lowest BCUT2D eigenvalue weighted by molar-refractivity contribution is -0.114. The van der Waals surface area contributed by atoms with Crippen LogP contribution in [-0.4, -0.2) is 31.5 Å². The van der Waals surface area contributed by atoms with Crippen molar-refractivity contribution in [1.82, 2.24) is 9.58 Å². The topological polar surface area (TPSA) is 73.8 Å². The summed E-state index contributed by atoms with van der Waals surface area (Å²) in [5.41, 5.74) is 2.95. The standard InChI is InChI=1S/C20H18FN5OS/c1-4-17-24-26-18(22)14(19(27)23-20(26)28-17)10-13-9-11(2)25(12(13)3)16-8-6-5-7-15(16)21/h5-10,22H,4H2,1-3H3/b14-10+,22-18?. The number of fused-ring (bicyclic) bond motifs is 1. The number of hydrazone groups is 1. The highest BCUT2D eigenvalue weighted by Crippen LogP contribution is 2.30. The van der Waals surface area contributed by atoms with Gasteiger partial charge < -0.3 is 4.57 Å². The lowest BCUT2D eigenvalue weighted by Crippen LogP contribution is -2.35. The van der Waals surface area contributed by atoms with Gasteiger partial charge in [0.05, 0.1) is 11.3 Å². The highest BCUT2D eigenvalue weighted by Gasteiger charge is 2.35. The molecule has 0 saturated carbocycles. The molecule has 1 aromatic heterocycles. The maximum absolute atomic E-state index is 14.3. The third-order valence-corrected chi connectivity index (χ3v) is 5.72. The van der Waals surface area contributed by atoms with Gasteiger partial charge >= 0.3 is 0 Å². The molecule has 3 heterocycles. The van der Waals surface area contributed by atoms with E-state index in [0.717, 1.165) is 22.0 Å². The van der Waals surface area contributed by atoms with E-state index in [9.17, 15) is 9.18 Å². The Kier molecular flexibility index (Phi) is 4.50. The first-order chi connectivity index (χ1) is 13.4. The van der Waals surface area contributed by atoms with Crippen LogP contribution in [-0.2, 0) is 4.79 Å². The summed E-state index contributed by atoms with van der Waals surface area (Å²) in [6.07, 6.45) is 2.35. The molecule has 2 aliphatic rings. The molecule has 0 unspecified atom stereocenters. The number of para-hydroxylation sites is 1. The normalized spacial score (nSPS) is 17.9. The van der Waals surface area contributed by atoms with Gasteiger partial charge in [-0.1, -0.05) is 19.1 Å². The van der Waals surface area contributed by atoms with Crippen LogP contribution in [0.1, 0.15) is 30.3 Å². The summed E-state index contributed by atoms with van der Waals surface area (Å²) >= 11 is 1.31. The van der Waals surface area contributed by atoms with Crippen LogP contribution < -0.4 is 0 Å². The second-order valence-corrected chi connectivity index (χ2v) is 7.52. The number of aromatic nitrogens is 1. The SMILES string of the molecule is CCC1=NN2C(=N)/C(=C\c3cc(C)n(-c4ccccc4F)c3C)C(=O)N=C2S1. The predicted octanol–water partition coefficient (Wildman–Crippen LogP) is 4.26. The molecule has 8 heteroatoms. The summed E-state index contributed by atoms with van der Waals surface area (Å²) < 4.78 is 16.1. The van der Waals surface area contributed by atoms with Crippen molar-refractivity contribution in [1.29, 1.82) is 5.41 Å². The number of nitrogens with one attached hydrogen (secondary N) is 1. The van der Waals surface area contributed by atoms with Gasteiger partial charge in [-0.3, -0.25) is 10.2 Å². The number of nitrogens with zero attached hydrogens (tertiary/aromatic N) is 4. The quantitative estimate of drug-likeness (QED) is 0.789. The molecule has 2 aliphatic heterocycles. The lowest BCUT2D eigenvalue weighted by Gasteiger charge is -2.20. The third-order valence-electron chi connectivity index (χ3n) is 4.66. The Morgan fingerprint density at radius 1 is 1.29 bits per heavy atom. The second-order valence-electron chi connectivity index (χ2n) is 6.48. The molecule has 6 nitrogen and oxygen atoms in total. The van der Waals surface area contributed by atoms with Gasteiger partial charge in [-0.25, -0.2) is 4.39 Å². The largest absolute Gasteiger partial charge is 0.315 e. The molecule has 4 rings (SSSR count). The smallest absolute Gasteiger partial charge is 0.283 e. The molecule has 1 N–H and O–H groups in total. The first-order valence-electron chi connectivity index (χ1n) is 8.83. The molecule has 2 aromatic rings. The van der Waals surface area contributed by atoms with Gasteiger partial charge in [-0.2, -0.15) is 15.1 Å². The minimum atomic E-state index is -0.466. The van der Waals surface area contributed by atoms with Crippen molar-refractivity contribution in [3.05, 3.63) is 58.7 Å². The van der Waals surface area contributed by atoms with Crippen LogP contribution in [0.4, 0.5) is 4.39 Å². The molecule has 28 heavy (non-hydrogen) atoms. The Balaban J connectivity index is 1.78. The van der Waals surface area contributed by atoms with E-state index in [1.165, 1.54) is 22.8 Å². The first-order valence-corrected chi connectivity index (χ1v) is 9.65. The van der Waals surface area contributed by atoms with Crippen LogP contribution in [0.25, 0.3) is 11.8 Å². The van der Waals surface area contributed by atoms with Crippen molar-refractivity contribution in [2.75, 3.05) is 0 Å². The molecule has 0 aliphatic carbocycles. The summed E-state index contributed by atoms with van der Waals surface area (Å²) in [6.45, 7) is 5.70. The summed E-state index contributed by atoms with van der Waals surface area (Å²) in [5.74, 6) is -0.789. The van der Waals surface area contributed by atoms with Gasteiger partial charge in [0.25, 0.3) is 5.91 Å². The Hall–Kier alpha value is -3.00. The van der Waals surface area contributed by atoms with Crippen LogP contribution in [0.3, 0.4) is 0 Å². The number of carbonyl (C=O) groups is 1. The summed E-state index contributed by atoms with van der Waals surface area (Å²) in [7, 11) is 0. The van der Waals surface area contributed by atoms with Crippen molar-refractivity contribution in [2.24, 2.45) is 10.1 Å². The van der Waals surface area contributed by atoms with E-state index < -0.39 is 5.91 Å². The third kappa shape index (κ3) is 2.90. The van der Waals surface area contributed by atoms with E-state index in [4.69, 9.17) is 5.41 Å². The molecule has 1 amide bonds. The van der Waals surface area contributed by atoms with Crippen LogP contribution in [0.15, 0.2) is 46.0 Å². The van der Waals surface area contributed by atoms with Gasteiger partial charge in [0.2, 0.25) is 5.17 Å². The van der Waals surface area contributed by atoms with Crippen molar-refractivity contribution in [3.63, 3.8) is 0 Å². The average molecular weight is 395 g/mol. The number of carbonyl (C=O) groups excluding carboxylic acids is 1. The molecule has 142 valence electrons. The van der Waals surface area contributed by atoms with Crippen molar-refractivity contribution in [3.8, 4) is 5.69 Å². The number of benzene rings is 1. The number of halogens is 1. The Morgan fingerprint density at radius 3 is 2.75 bits per heavy atom. The van der Waals surface area contributed by atoms with Crippen LogP contribution in [0.2, 0.25) is 0 Å².